The number of hydrogen-bond donors (Lipinski definition) is 0. The number of carbonyl (C=O) groups is 1. The van der Waals surface area contributed by atoms with E-state index < -0.39 is 0 Å². The SMILES string of the molecule is Cc1nc2ncccn2c1C(=O)N(C)[C@@H]1CCCN(CCc2ccccc2)C1. The van der Waals surface area contributed by atoms with Gasteiger partial charge in [-0.05, 0) is 44.4 Å². The lowest BCUT2D eigenvalue weighted by Crippen LogP contribution is -2.49. The van der Waals surface area contributed by atoms with Crippen molar-refractivity contribution in [3.63, 3.8) is 0 Å². The minimum absolute atomic E-state index is 0.0212. The molecule has 6 nitrogen and oxygen atoms in total. The Hall–Kier alpha value is -2.73. The zero-order valence-electron chi connectivity index (χ0n) is 16.6. The fourth-order valence-corrected chi connectivity index (χ4v) is 4.07. The highest BCUT2D eigenvalue weighted by Crippen LogP contribution is 2.19. The predicted molar refractivity (Wildman–Crippen MR) is 109 cm³/mol. The standard InChI is InChI=1S/C22H27N5O/c1-17-20(27-14-7-12-23-22(27)24-17)21(28)25(2)19-10-6-13-26(16-19)15-11-18-8-4-3-5-9-18/h3-5,7-9,12,14,19H,6,10-11,13,15-16H2,1-2H3/t19-/m1/s1. The van der Waals surface area contributed by atoms with Crippen molar-refractivity contribution in [3.8, 4) is 0 Å². The van der Waals surface area contributed by atoms with E-state index in [0.29, 0.717) is 11.5 Å². The summed E-state index contributed by atoms with van der Waals surface area (Å²) in [4.78, 5) is 26.3. The van der Waals surface area contributed by atoms with Crippen molar-refractivity contribution in [2.75, 3.05) is 26.7 Å². The number of likely N-dealkylation sites (tertiary alicyclic amines) is 1. The third kappa shape index (κ3) is 3.78. The van der Waals surface area contributed by atoms with Crippen LogP contribution >= 0.6 is 0 Å². The van der Waals surface area contributed by atoms with Crippen LogP contribution in [0.4, 0.5) is 0 Å². The summed E-state index contributed by atoms with van der Waals surface area (Å²) in [7, 11) is 1.92. The lowest BCUT2D eigenvalue weighted by atomic mass is 10.0. The first-order valence-electron chi connectivity index (χ1n) is 9.96. The average Bonchev–Trinajstić information content (AvgIpc) is 3.08. The van der Waals surface area contributed by atoms with Crippen molar-refractivity contribution in [2.45, 2.75) is 32.2 Å². The molecule has 1 atom stereocenters. The molecule has 6 heteroatoms. The molecule has 0 radical (unpaired) electrons. The summed E-state index contributed by atoms with van der Waals surface area (Å²) < 4.78 is 1.80. The zero-order chi connectivity index (χ0) is 19.5. The summed E-state index contributed by atoms with van der Waals surface area (Å²) in [6.07, 6.45) is 6.76. The highest BCUT2D eigenvalue weighted by molar-refractivity contribution is 5.94. The average molecular weight is 377 g/mol. The number of likely N-dealkylation sites (N-methyl/N-ethyl adjacent to an activating group) is 1. The molecule has 0 bridgehead atoms. The van der Waals surface area contributed by atoms with Crippen molar-refractivity contribution in [3.05, 3.63) is 65.7 Å². The second-order valence-electron chi connectivity index (χ2n) is 7.58. The molecule has 0 saturated carbocycles. The first-order chi connectivity index (χ1) is 13.6. The van der Waals surface area contributed by atoms with Crippen LogP contribution in [0.3, 0.4) is 0 Å². The van der Waals surface area contributed by atoms with Gasteiger partial charge in [-0.1, -0.05) is 30.3 Å². The van der Waals surface area contributed by atoms with Crippen molar-refractivity contribution >= 4 is 11.7 Å². The monoisotopic (exact) mass is 377 g/mol. The smallest absolute Gasteiger partial charge is 0.272 e. The first-order valence-corrected chi connectivity index (χ1v) is 9.96. The number of rotatable bonds is 5. The zero-order valence-corrected chi connectivity index (χ0v) is 16.6. The van der Waals surface area contributed by atoms with E-state index in [4.69, 9.17) is 0 Å². The maximum absolute atomic E-state index is 13.2. The molecule has 146 valence electrons. The second-order valence-corrected chi connectivity index (χ2v) is 7.58. The number of hydrogen-bond acceptors (Lipinski definition) is 4. The van der Waals surface area contributed by atoms with Gasteiger partial charge in [-0.3, -0.25) is 9.20 Å². The molecule has 1 aliphatic heterocycles. The minimum atomic E-state index is 0.0212. The number of aryl methyl sites for hydroxylation is 1. The summed E-state index contributed by atoms with van der Waals surface area (Å²) in [6, 6.07) is 12.6. The quantitative estimate of drug-likeness (QED) is 0.686. The van der Waals surface area contributed by atoms with E-state index in [1.807, 2.05) is 31.1 Å². The van der Waals surface area contributed by atoms with E-state index in [2.05, 4.69) is 45.2 Å². The number of benzene rings is 1. The molecule has 1 fully saturated rings. The molecule has 2 aromatic heterocycles. The van der Waals surface area contributed by atoms with Crippen molar-refractivity contribution in [1.82, 2.24) is 24.2 Å². The molecule has 0 spiro atoms. The molecule has 3 aromatic rings. The topological polar surface area (TPSA) is 53.7 Å². The lowest BCUT2D eigenvalue weighted by Gasteiger charge is -2.37. The number of nitrogens with zero attached hydrogens (tertiary/aromatic N) is 5. The number of fused-ring (bicyclic) bond motifs is 1. The van der Waals surface area contributed by atoms with Gasteiger partial charge >= 0.3 is 0 Å². The van der Waals surface area contributed by atoms with Crippen molar-refractivity contribution in [1.29, 1.82) is 0 Å². The fraction of sp³-hybridized carbons (Fsp3) is 0.409. The van der Waals surface area contributed by atoms with E-state index in [0.717, 1.165) is 44.6 Å². The predicted octanol–water partition coefficient (Wildman–Crippen LogP) is 2.82. The highest BCUT2D eigenvalue weighted by atomic mass is 16.2. The first kappa shape index (κ1) is 18.6. The van der Waals surface area contributed by atoms with Gasteiger partial charge in [0.15, 0.2) is 0 Å². The maximum Gasteiger partial charge on any atom is 0.272 e. The molecule has 0 aliphatic carbocycles. The Bertz CT molecular complexity index is 952. The van der Waals surface area contributed by atoms with Gasteiger partial charge in [0.25, 0.3) is 5.91 Å². The van der Waals surface area contributed by atoms with Crippen LogP contribution in [0.1, 0.15) is 34.6 Å². The van der Waals surface area contributed by atoms with E-state index in [-0.39, 0.29) is 11.9 Å². The third-order valence-electron chi connectivity index (χ3n) is 5.69. The van der Waals surface area contributed by atoms with Crippen LogP contribution in [-0.2, 0) is 6.42 Å². The largest absolute Gasteiger partial charge is 0.336 e. The van der Waals surface area contributed by atoms with Crippen LogP contribution in [0, 0.1) is 6.92 Å². The molecular formula is C22H27N5O. The Kier molecular flexibility index (Phi) is 5.39. The molecular weight excluding hydrogens is 350 g/mol. The number of carbonyl (C=O) groups excluding carboxylic acids is 1. The van der Waals surface area contributed by atoms with Crippen LogP contribution in [0.2, 0.25) is 0 Å². The molecule has 1 aliphatic rings. The summed E-state index contributed by atoms with van der Waals surface area (Å²) in [5.41, 5.74) is 2.71. The highest BCUT2D eigenvalue weighted by Gasteiger charge is 2.29. The molecule has 28 heavy (non-hydrogen) atoms. The van der Waals surface area contributed by atoms with Crippen LogP contribution in [-0.4, -0.2) is 62.8 Å². The summed E-state index contributed by atoms with van der Waals surface area (Å²) in [5.74, 6) is 0.595. The molecule has 4 rings (SSSR count). The Morgan fingerprint density at radius 2 is 2.07 bits per heavy atom. The summed E-state index contributed by atoms with van der Waals surface area (Å²) >= 11 is 0. The summed E-state index contributed by atoms with van der Waals surface area (Å²) in [5, 5.41) is 0. The molecule has 1 saturated heterocycles. The minimum Gasteiger partial charge on any atom is -0.336 e. The molecule has 3 heterocycles. The van der Waals surface area contributed by atoms with Gasteiger partial charge in [0.2, 0.25) is 5.78 Å². The van der Waals surface area contributed by atoms with Gasteiger partial charge in [0, 0.05) is 38.6 Å². The Balaban J connectivity index is 1.44. The van der Waals surface area contributed by atoms with Gasteiger partial charge in [-0.15, -0.1) is 0 Å². The van der Waals surface area contributed by atoms with Crippen LogP contribution in [0.15, 0.2) is 48.8 Å². The fourth-order valence-electron chi connectivity index (χ4n) is 4.07. The van der Waals surface area contributed by atoms with Gasteiger partial charge in [0.1, 0.15) is 5.69 Å². The van der Waals surface area contributed by atoms with Crippen LogP contribution in [0.25, 0.3) is 5.78 Å². The van der Waals surface area contributed by atoms with E-state index in [1.165, 1.54) is 5.56 Å². The number of amides is 1. The Morgan fingerprint density at radius 1 is 1.25 bits per heavy atom. The number of aromatic nitrogens is 3. The Labute approximate surface area is 165 Å². The van der Waals surface area contributed by atoms with E-state index in [9.17, 15) is 4.79 Å². The third-order valence-corrected chi connectivity index (χ3v) is 5.69. The summed E-state index contributed by atoms with van der Waals surface area (Å²) in [6.45, 7) is 4.93. The normalized spacial score (nSPS) is 17.7. The van der Waals surface area contributed by atoms with Crippen molar-refractivity contribution < 1.29 is 4.79 Å². The molecule has 0 unspecified atom stereocenters. The van der Waals surface area contributed by atoms with E-state index >= 15 is 0 Å². The van der Waals surface area contributed by atoms with Gasteiger partial charge < -0.3 is 9.80 Å². The van der Waals surface area contributed by atoms with Gasteiger partial charge in [-0.25, -0.2) is 9.97 Å². The second kappa shape index (κ2) is 8.10. The molecule has 1 aromatic carbocycles. The Morgan fingerprint density at radius 3 is 2.89 bits per heavy atom. The molecule has 0 N–H and O–H groups in total. The number of imidazole rings is 1. The molecule has 1 amide bonds. The number of piperidine rings is 1. The van der Waals surface area contributed by atoms with Crippen molar-refractivity contribution in [2.24, 2.45) is 0 Å². The lowest BCUT2D eigenvalue weighted by molar-refractivity contribution is 0.0612. The van der Waals surface area contributed by atoms with Gasteiger partial charge in [-0.2, -0.15) is 0 Å². The van der Waals surface area contributed by atoms with Gasteiger partial charge in [0.05, 0.1) is 5.69 Å². The maximum atomic E-state index is 13.2. The van der Waals surface area contributed by atoms with Crippen LogP contribution < -0.4 is 0 Å². The van der Waals surface area contributed by atoms with E-state index in [1.54, 1.807) is 10.6 Å². The van der Waals surface area contributed by atoms with Crippen LogP contribution in [0.5, 0.6) is 0 Å².